The molecule has 1 atom stereocenters. The van der Waals surface area contributed by atoms with E-state index >= 15 is 0 Å². The van der Waals surface area contributed by atoms with Gasteiger partial charge in [0.25, 0.3) is 0 Å². The standard InChI is InChI=1S/C16H17F3N4O2/c1-9-5-6-11(13-21-14(25-22-13)16(17,18)19)8-12(9)20-15(24)23-7-3-4-10(23)2/h5-6,8,10H,3-4,7H2,1-2H3,(H,20,24). The van der Waals surface area contributed by atoms with Gasteiger partial charge in [0.15, 0.2) is 0 Å². The normalized spacial score (nSPS) is 17.8. The molecule has 2 aromatic rings. The van der Waals surface area contributed by atoms with Gasteiger partial charge < -0.3 is 14.7 Å². The van der Waals surface area contributed by atoms with Crippen LogP contribution < -0.4 is 5.32 Å². The van der Waals surface area contributed by atoms with Crippen LogP contribution in [0.25, 0.3) is 11.4 Å². The number of urea groups is 1. The van der Waals surface area contributed by atoms with Crippen molar-refractivity contribution >= 4 is 11.7 Å². The average molecular weight is 354 g/mol. The van der Waals surface area contributed by atoms with E-state index < -0.39 is 12.1 Å². The van der Waals surface area contributed by atoms with Crippen molar-refractivity contribution in [2.75, 3.05) is 11.9 Å². The number of rotatable bonds is 2. The van der Waals surface area contributed by atoms with Gasteiger partial charge in [-0.25, -0.2) is 4.79 Å². The minimum atomic E-state index is -4.70. The maximum Gasteiger partial charge on any atom is 0.471 e. The predicted octanol–water partition coefficient (Wildman–Crippen LogP) is 4.08. The molecule has 0 saturated carbocycles. The Hall–Kier alpha value is -2.58. The number of anilines is 1. The first-order valence-corrected chi connectivity index (χ1v) is 7.85. The molecular weight excluding hydrogens is 337 g/mol. The first kappa shape index (κ1) is 17.2. The van der Waals surface area contributed by atoms with Crippen molar-refractivity contribution < 1.29 is 22.5 Å². The summed E-state index contributed by atoms with van der Waals surface area (Å²) in [5.41, 5.74) is 1.61. The van der Waals surface area contributed by atoms with Crippen LogP contribution in [0.3, 0.4) is 0 Å². The number of aryl methyl sites for hydroxylation is 1. The molecule has 0 aliphatic carbocycles. The summed E-state index contributed by atoms with van der Waals surface area (Å²) in [7, 11) is 0. The zero-order chi connectivity index (χ0) is 18.2. The van der Waals surface area contributed by atoms with Gasteiger partial charge >= 0.3 is 18.1 Å². The molecule has 1 aliphatic heterocycles. The van der Waals surface area contributed by atoms with E-state index in [-0.39, 0.29) is 17.9 Å². The Morgan fingerprint density at radius 1 is 1.40 bits per heavy atom. The summed E-state index contributed by atoms with van der Waals surface area (Å²) in [4.78, 5) is 17.5. The van der Waals surface area contributed by atoms with E-state index in [1.165, 1.54) is 0 Å². The molecule has 1 N–H and O–H groups in total. The number of carbonyl (C=O) groups is 1. The molecule has 1 aromatic carbocycles. The maximum absolute atomic E-state index is 12.6. The first-order chi connectivity index (χ1) is 11.8. The van der Waals surface area contributed by atoms with Gasteiger partial charge in [0.1, 0.15) is 0 Å². The van der Waals surface area contributed by atoms with Crippen LogP contribution in [0.15, 0.2) is 22.7 Å². The van der Waals surface area contributed by atoms with Gasteiger partial charge in [0, 0.05) is 23.8 Å². The third-order valence-electron chi connectivity index (χ3n) is 4.22. The molecule has 9 heteroatoms. The van der Waals surface area contributed by atoms with Gasteiger partial charge in [-0.2, -0.15) is 18.2 Å². The highest BCUT2D eigenvalue weighted by atomic mass is 19.4. The monoisotopic (exact) mass is 354 g/mol. The van der Waals surface area contributed by atoms with E-state index in [0.717, 1.165) is 18.4 Å². The molecule has 0 bridgehead atoms. The molecule has 1 unspecified atom stereocenters. The minimum absolute atomic E-state index is 0.162. The van der Waals surface area contributed by atoms with Gasteiger partial charge in [-0.05, 0) is 38.3 Å². The number of amides is 2. The van der Waals surface area contributed by atoms with Crippen LogP contribution in [0.4, 0.5) is 23.7 Å². The lowest BCUT2D eigenvalue weighted by molar-refractivity contribution is -0.159. The fourth-order valence-corrected chi connectivity index (χ4v) is 2.77. The van der Waals surface area contributed by atoms with Crippen molar-refractivity contribution in [3.63, 3.8) is 0 Å². The van der Waals surface area contributed by atoms with Crippen LogP contribution in [0, 0.1) is 6.92 Å². The number of nitrogens with zero attached hydrogens (tertiary/aromatic N) is 3. The molecule has 1 fully saturated rings. The van der Waals surface area contributed by atoms with Crippen molar-refractivity contribution in [2.45, 2.75) is 38.9 Å². The number of likely N-dealkylation sites (tertiary alicyclic amines) is 1. The Balaban J connectivity index is 1.83. The summed E-state index contributed by atoms with van der Waals surface area (Å²) in [5, 5.41) is 6.17. The number of hydrogen-bond acceptors (Lipinski definition) is 4. The van der Waals surface area contributed by atoms with Crippen LogP contribution in [-0.2, 0) is 6.18 Å². The second kappa shape index (κ2) is 6.38. The highest BCUT2D eigenvalue weighted by Gasteiger charge is 2.38. The summed E-state index contributed by atoms with van der Waals surface area (Å²) in [6, 6.07) is 4.74. The Morgan fingerprint density at radius 2 is 2.16 bits per heavy atom. The Bertz CT molecular complexity index is 788. The number of nitrogens with one attached hydrogen (secondary N) is 1. The minimum Gasteiger partial charge on any atom is -0.329 e. The van der Waals surface area contributed by atoms with Crippen molar-refractivity contribution in [1.29, 1.82) is 0 Å². The van der Waals surface area contributed by atoms with Crippen molar-refractivity contribution in [2.24, 2.45) is 0 Å². The molecule has 25 heavy (non-hydrogen) atoms. The van der Waals surface area contributed by atoms with Crippen molar-refractivity contribution in [1.82, 2.24) is 15.0 Å². The molecular formula is C16H17F3N4O2. The van der Waals surface area contributed by atoms with Crippen molar-refractivity contribution in [3.05, 3.63) is 29.7 Å². The second-order valence-electron chi connectivity index (χ2n) is 6.07. The number of benzene rings is 1. The molecule has 3 rings (SSSR count). The fraction of sp³-hybridized carbons (Fsp3) is 0.438. The van der Waals surface area contributed by atoms with Crippen LogP contribution in [-0.4, -0.2) is 33.7 Å². The number of alkyl halides is 3. The van der Waals surface area contributed by atoms with E-state index in [9.17, 15) is 18.0 Å². The zero-order valence-corrected chi connectivity index (χ0v) is 13.7. The van der Waals surface area contributed by atoms with Gasteiger partial charge in [-0.3, -0.25) is 0 Å². The molecule has 1 aliphatic rings. The fourth-order valence-electron chi connectivity index (χ4n) is 2.77. The topological polar surface area (TPSA) is 71.3 Å². The molecule has 134 valence electrons. The summed E-state index contributed by atoms with van der Waals surface area (Å²) in [6.45, 7) is 4.46. The summed E-state index contributed by atoms with van der Waals surface area (Å²) >= 11 is 0. The van der Waals surface area contributed by atoms with Crippen LogP contribution in [0.5, 0.6) is 0 Å². The smallest absolute Gasteiger partial charge is 0.329 e. The Labute approximate surface area is 142 Å². The number of halogens is 3. The lowest BCUT2D eigenvalue weighted by Gasteiger charge is -2.22. The molecule has 0 spiro atoms. The van der Waals surface area contributed by atoms with Gasteiger partial charge in [0.05, 0.1) is 0 Å². The number of aromatic nitrogens is 2. The summed E-state index contributed by atoms with van der Waals surface area (Å²) < 4.78 is 42.0. The maximum atomic E-state index is 12.6. The molecule has 1 saturated heterocycles. The first-order valence-electron chi connectivity index (χ1n) is 7.85. The van der Waals surface area contributed by atoms with Crippen LogP contribution >= 0.6 is 0 Å². The molecule has 2 heterocycles. The third kappa shape index (κ3) is 3.59. The van der Waals surface area contributed by atoms with E-state index in [2.05, 4.69) is 20.0 Å². The third-order valence-corrected chi connectivity index (χ3v) is 4.22. The average Bonchev–Trinajstić information content (AvgIpc) is 3.18. The van der Waals surface area contributed by atoms with Gasteiger partial charge in [0.2, 0.25) is 5.82 Å². The number of carbonyl (C=O) groups excluding carboxylic acids is 1. The molecule has 6 nitrogen and oxygen atoms in total. The second-order valence-corrected chi connectivity index (χ2v) is 6.07. The highest BCUT2D eigenvalue weighted by molar-refractivity contribution is 5.91. The SMILES string of the molecule is Cc1ccc(-c2noc(C(F)(F)F)n2)cc1NC(=O)N1CCCC1C. The summed E-state index contributed by atoms with van der Waals surface area (Å²) in [5.74, 6) is -1.59. The van der Waals surface area contributed by atoms with Gasteiger partial charge in [-0.1, -0.05) is 17.3 Å². The largest absolute Gasteiger partial charge is 0.471 e. The summed E-state index contributed by atoms with van der Waals surface area (Å²) in [6.07, 6.45) is -2.79. The Morgan fingerprint density at radius 3 is 2.76 bits per heavy atom. The molecule has 1 aromatic heterocycles. The van der Waals surface area contributed by atoms with Crippen LogP contribution in [0.1, 0.15) is 31.2 Å². The van der Waals surface area contributed by atoms with E-state index in [1.54, 1.807) is 30.0 Å². The lowest BCUT2D eigenvalue weighted by Crippen LogP contribution is -2.37. The van der Waals surface area contributed by atoms with Crippen molar-refractivity contribution in [3.8, 4) is 11.4 Å². The molecule has 2 amide bonds. The van der Waals surface area contributed by atoms with Gasteiger partial charge in [-0.15, -0.1) is 0 Å². The predicted molar refractivity (Wildman–Crippen MR) is 83.9 cm³/mol. The van der Waals surface area contributed by atoms with E-state index in [0.29, 0.717) is 17.8 Å². The van der Waals surface area contributed by atoms with Crippen LogP contribution in [0.2, 0.25) is 0 Å². The quantitative estimate of drug-likeness (QED) is 0.882. The molecule has 0 radical (unpaired) electrons. The van der Waals surface area contributed by atoms with E-state index in [4.69, 9.17) is 0 Å². The van der Waals surface area contributed by atoms with E-state index in [1.807, 2.05) is 6.92 Å². The Kier molecular flexibility index (Phi) is 4.40. The highest BCUT2D eigenvalue weighted by Crippen LogP contribution is 2.30. The lowest BCUT2D eigenvalue weighted by atomic mass is 10.1. The zero-order valence-electron chi connectivity index (χ0n) is 13.7. The number of hydrogen-bond donors (Lipinski definition) is 1.